The van der Waals surface area contributed by atoms with Crippen molar-refractivity contribution in [2.75, 3.05) is 6.54 Å². The summed E-state index contributed by atoms with van der Waals surface area (Å²) in [5.74, 6) is 0. The summed E-state index contributed by atoms with van der Waals surface area (Å²) in [6.07, 6.45) is 0.763. The average Bonchev–Trinajstić information content (AvgIpc) is 2.93. The Morgan fingerprint density at radius 2 is 1.91 bits per heavy atom. The molecular formula is C17H15N3O3. The van der Waals surface area contributed by atoms with Crippen LogP contribution in [0.3, 0.4) is 0 Å². The van der Waals surface area contributed by atoms with Crippen LogP contribution in [0, 0.1) is 10.1 Å². The third kappa shape index (κ3) is 2.19. The molecule has 2 heterocycles. The maximum Gasteiger partial charge on any atom is 0.269 e. The van der Waals surface area contributed by atoms with Crippen LogP contribution in [0.1, 0.15) is 22.9 Å². The molecule has 1 aromatic heterocycles. The zero-order valence-electron chi connectivity index (χ0n) is 12.3. The van der Waals surface area contributed by atoms with Gasteiger partial charge in [-0.05, 0) is 23.6 Å². The number of aromatic amines is 1. The lowest BCUT2D eigenvalue weighted by molar-refractivity contribution is -0.384. The molecule has 2 aromatic carbocycles. The van der Waals surface area contributed by atoms with Gasteiger partial charge in [0.1, 0.15) is 6.04 Å². The largest absolute Gasteiger partial charge is 0.356 e. The second kappa shape index (κ2) is 5.19. The molecule has 6 nitrogen and oxygen atoms in total. The summed E-state index contributed by atoms with van der Waals surface area (Å²) >= 11 is 0. The number of non-ortho nitro benzene ring substituents is 1. The fourth-order valence-corrected chi connectivity index (χ4v) is 3.35. The predicted octanol–water partition coefficient (Wildman–Crippen LogP) is 3.41. The Bertz CT molecular complexity index is 886. The molecule has 1 atom stereocenters. The number of nitrogens with one attached hydrogen (secondary N) is 1. The molecule has 0 fully saturated rings. The standard InChI is InChI=1S/C17H15N3O3/c21-19-10-9-14-13-3-1-2-4-15(13)18-16(14)17(19)11-5-7-12(8-6-11)20(22)23/h1-8,17-18,21H,9-10H2/t17-/m0/s1. The molecule has 116 valence electrons. The number of hydrogen-bond donors (Lipinski definition) is 2. The van der Waals surface area contributed by atoms with Crippen molar-refractivity contribution in [3.05, 3.63) is 75.5 Å². The predicted molar refractivity (Wildman–Crippen MR) is 85.4 cm³/mol. The highest BCUT2D eigenvalue weighted by atomic mass is 16.6. The van der Waals surface area contributed by atoms with Crippen molar-refractivity contribution in [2.45, 2.75) is 12.5 Å². The SMILES string of the molecule is O=[N+]([O-])c1ccc([C@H]2c3[nH]c4ccccc4c3CCN2O)cc1. The Morgan fingerprint density at radius 3 is 2.65 bits per heavy atom. The van der Waals surface area contributed by atoms with Crippen LogP contribution in [-0.2, 0) is 6.42 Å². The lowest BCUT2D eigenvalue weighted by Crippen LogP contribution is -2.33. The van der Waals surface area contributed by atoms with E-state index < -0.39 is 4.92 Å². The molecule has 2 N–H and O–H groups in total. The van der Waals surface area contributed by atoms with Gasteiger partial charge < -0.3 is 10.2 Å². The molecular weight excluding hydrogens is 294 g/mol. The molecule has 6 heteroatoms. The maximum absolute atomic E-state index is 10.8. The van der Waals surface area contributed by atoms with Gasteiger partial charge in [0.2, 0.25) is 0 Å². The molecule has 0 aliphatic carbocycles. The van der Waals surface area contributed by atoms with E-state index in [0.29, 0.717) is 6.54 Å². The van der Waals surface area contributed by atoms with Crippen molar-refractivity contribution in [3.63, 3.8) is 0 Å². The van der Waals surface area contributed by atoms with Gasteiger partial charge in [0, 0.05) is 35.3 Å². The number of hydroxylamine groups is 2. The Balaban J connectivity index is 1.84. The van der Waals surface area contributed by atoms with Crippen LogP contribution in [0.5, 0.6) is 0 Å². The van der Waals surface area contributed by atoms with E-state index in [2.05, 4.69) is 11.1 Å². The van der Waals surface area contributed by atoms with Gasteiger partial charge in [-0.2, -0.15) is 5.06 Å². The molecule has 0 amide bonds. The molecule has 0 saturated heterocycles. The van der Waals surface area contributed by atoms with Crippen molar-refractivity contribution in [1.82, 2.24) is 10.0 Å². The summed E-state index contributed by atoms with van der Waals surface area (Å²) in [6.45, 7) is 0.524. The molecule has 23 heavy (non-hydrogen) atoms. The van der Waals surface area contributed by atoms with Gasteiger partial charge in [-0.1, -0.05) is 30.3 Å². The van der Waals surface area contributed by atoms with E-state index in [1.54, 1.807) is 12.1 Å². The van der Waals surface area contributed by atoms with Crippen molar-refractivity contribution >= 4 is 16.6 Å². The molecule has 0 bridgehead atoms. The van der Waals surface area contributed by atoms with E-state index in [1.807, 2.05) is 18.2 Å². The van der Waals surface area contributed by atoms with E-state index in [1.165, 1.54) is 28.1 Å². The van der Waals surface area contributed by atoms with Crippen LogP contribution < -0.4 is 0 Å². The Kier molecular flexibility index (Phi) is 3.14. The summed E-state index contributed by atoms with van der Waals surface area (Å²) in [5, 5.41) is 23.6. The summed E-state index contributed by atoms with van der Waals surface area (Å²) in [7, 11) is 0. The normalized spacial score (nSPS) is 18.0. The Labute approximate surface area is 132 Å². The van der Waals surface area contributed by atoms with Crippen LogP contribution in [0.15, 0.2) is 48.5 Å². The number of nitro benzene ring substituents is 1. The van der Waals surface area contributed by atoms with E-state index in [4.69, 9.17) is 0 Å². The number of hydrogen-bond acceptors (Lipinski definition) is 4. The van der Waals surface area contributed by atoms with Crippen LogP contribution in [0.4, 0.5) is 5.69 Å². The van der Waals surface area contributed by atoms with E-state index in [0.717, 1.165) is 23.2 Å². The Hall–Kier alpha value is -2.70. The number of benzene rings is 2. The zero-order valence-corrected chi connectivity index (χ0v) is 12.3. The molecule has 0 radical (unpaired) electrons. The monoisotopic (exact) mass is 309 g/mol. The summed E-state index contributed by atoms with van der Waals surface area (Å²) in [5.41, 5.74) is 4.07. The number of fused-ring (bicyclic) bond motifs is 3. The van der Waals surface area contributed by atoms with Crippen molar-refractivity contribution < 1.29 is 10.1 Å². The fourth-order valence-electron chi connectivity index (χ4n) is 3.35. The third-order valence-electron chi connectivity index (χ3n) is 4.43. The van der Waals surface area contributed by atoms with E-state index in [9.17, 15) is 15.3 Å². The van der Waals surface area contributed by atoms with Crippen molar-refractivity contribution in [1.29, 1.82) is 0 Å². The van der Waals surface area contributed by atoms with Gasteiger partial charge in [-0.25, -0.2) is 0 Å². The second-order valence-electron chi connectivity index (χ2n) is 5.73. The van der Waals surface area contributed by atoms with Crippen molar-refractivity contribution in [2.24, 2.45) is 0 Å². The minimum Gasteiger partial charge on any atom is -0.356 e. The zero-order chi connectivity index (χ0) is 16.0. The topological polar surface area (TPSA) is 82.4 Å². The number of nitro groups is 1. The Morgan fingerprint density at radius 1 is 1.17 bits per heavy atom. The minimum atomic E-state index is -0.421. The first-order chi connectivity index (χ1) is 11.1. The molecule has 1 aliphatic rings. The number of aromatic nitrogens is 1. The van der Waals surface area contributed by atoms with Gasteiger partial charge in [-0.3, -0.25) is 10.1 Å². The smallest absolute Gasteiger partial charge is 0.269 e. The number of H-pyrrole nitrogens is 1. The number of para-hydroxylation sites is 1. The second-order valence-corrected chi connectivity index (χ2v) is 5.73. The van der Waals surface area contributed by atoms with Gasteiger partial charge in [0.25, 0.3) is 5.69 Å². The molecule has 0 saturated carbocycles. The molecule has 0 spiro atoms. The third-order valence-corrected chi connectivity index (χ3v) is 4.43. The number of rotatable bonds is 2. The van der Waals surface area contributed by atoms with Gasteiger partial charge >= 0.3 is 0 Å². The lowest BCUT2D eigenvalue weighted by Gasteiger charge is -2.31. The van der Waals surface area contributed by atoms with E-state index in [-0.39, 0.29) is 11.7 Å². The van der Waals surface area contributed by atoms with E-state index >= 15 is 0 Å². The fraction of sp³-hybridized carbons (Fsp3) is 0.176. The minimum absolute atomic E-state index is 0.0471. The first kappa shape index (κ1) is 13.9. The first-order valence-corrected chi connectivity index (χ1v) is 7.44. The summed E-state index contributed by atoms with van der Waals surface area (Å²) in [6, 6.07) is 14.1. The molecule has 0 unspecified atom stereocenters. The van der Waals surface area contributed by atoms with Crippen LogP contribution in [0.2, 0.25) is 0 Å². The highest BCUT2D eigenvalue weighted by Crippen LogP contribution is 2.37. The first-order valence-electron chi connectivity index (χ1n) is 7.44. The van der Waals surface area contributed by atoms with Crippen LogP contribution in [0.25, 0.3) is 10.9 Å². The lowest BCUT2D eigenvalue weighted by atomic mass is 9.94. The summed E-state index contributed by atoms with van der Waals surface area (Å²) in [4.78, 5) is 13.8. The highest BCUT2D eigenvalue weighted by Gasteiger charge is 2.31. The molecule has 4 rings (SSSR count). The van der Waals surface area contributed by atoms with Gasteiger partial charge in [0.15, 0.2) is 0 Å². The quantitative estimate of drug-likeness (QED) is 0.561. The van der Waals surface area contributed by atoms with Crippen LogP contribution >= 0.6 is 0 Å². The summed E-state index contributed by atoms with van der Waals surface area (Å²) < 4.78 is 0. The molecule has 3 aromatic rings. The average molecular weight is 309 g/mol. The van der Waals surface area contributed by atoms with Gasteiger partial charge in [0.05, 0.1) is 4.92 Å². The van der Waals surface area contributed by atoms with Crippen LogP contribution in [-0.4, -0.2) is 26.7 Å². The maximum atomic E-state index is 10.8. The number of nitrogens with zero attached hydrogens (tertiary/aromatic N) is 2. The van der Waals surface area contributed by atoms with Gasteiger partial charge in [-0.15, -0.1) is 0 Å². The van der Waals surface area contributed by atoms with Crippen molar-refractivity contribution in [3.8, 4) is 0 Å². The molecule has 1 aliphatic heterocycles. The highest BCUT2D eigenvalue weighted by molar-refractivity contribution is 5.85.